The van der Waals surface area contributed by atoms with Crippen molar-refractivity contribution in [2.75, 3.05) is 11.9 Å². The molecule has 0 spiro atoms. The Hall–Kier alpha value is -1.78. The molecule has 1 aliphatic rings. The fourth-order valence-electron chi connectivity index (χ4n) is 3.29. The molecule has 0 saturated carbocycles. The number of carbonyl (C=O) groups is 1. The van der Waals surface area contributed by atoms with Crippen molar-refractivity contribution >= 4 is 55.9 Å². The molecule has 3 heterocycles. The lowest BCUT2D eigenvalue weighted by Crippen LogP contribution is -2.42. The van der Waals surface area contributed by atoms with Gasteiger partial charge in [0.25, 0.3) is 10.0 Å². The molecule has 10 heteroatoms. The Morgan fingerprint density at radius 1 is 1.24 bits per heavy atom. The highest BCUT2D eigenvalue weighted by atomic mass is 35.5. The summed E-state index contributed by atoms with van der Waals surface area (Å²) in [6.45, 7) is 2.27. The summed E-state index contributed by atoms with van der Waals surface area (Å²) in [5.41, 5.74) is 2.48. The third-order valence-corrected chi connectivity index (χ3v) is 9.07. The van der Waals surface area contributed by atoms with Gasteiger partial charge in [-0.15, -0.1) is 22.7 Å². The van der Waals surface area contributed by atoms with E-state index in [1.165, 1.54) is 10.4 Å². The van der Waals surface area contributed by atoms with Gasteiger partial charge in [0.2, 0.25) is 5.91 Å². The first kappa shape index (κ1) is 20.5. The van der Waals surface area contributed by atoms with Crippen molar-refractivity contribution in [1.29, 1.82) is 0 Å². The number of halogens is 1. The molecule has 29 heavy (non-hydrogen) atoms. The lowest BCUT2D eigenvalue weighted by molar-refractivity contribution is -0.119. The molecule has 0 aliphatic carbocycles. The normalized spacial score (nSPS) is 17.5. The molecule has 1 atom stereocenters. The summed E-state index contributed by atoms with van der Waals surface area (Å²) in [5, 5.41) is 5.82. The lowest BCUT2D eigenvalue weighted by atomic mass is 10.1. The summed E-state index contributed by atoms with van der Waals surface area (Å²) in [4.78, 5) is 17.3. The minimum atomic E-state index is -3.75. The molecule has 1 aliphatic heterocycles. The molecule has 1 N–H and O–H groups in total. The Kier molecular flexibility index (Phi) is 5.76. The highest BCUT2D eigenvalue weighted by molar-refractivity contribution is 7.91. The van der Waals surface area contributed by atoms with Gasteiger partial charge in [-0.1, -0.05) is 23.7 Å². The molecule has 3 aromatic rings. The van der Waals surface area contributed by atoms with Crippen molar-refractivity contribution in [2.45, 2.75) is 30.0 Å². The number of rotatable bonds is 5. The van der Waals surface area contributed by atoms with E-state index in [2.05, 4.69) is 10.3 Å². The molecule has 6 nitrogen and oxygen atoms in total. The van der Waals surface area contributed by atoms with Crippen LogP contribution in [0.2, 0.25) is 4.34 Å². The van der Waals surface area contributed by atoms with E-state index in [1.54, 1.807) is 29.5 Å². The van der Waals surface area contributed by atoms with Crippen molar-refractivity contribution < 1.29 is 13.2 Å². The quantitative estimate of drug-likeness (QED) is 0.593. The Balaban J connectivity index is 1.49. The molecule has 1 saturated heterocycles. The van der Waals surface area contributed by atoms with Crippen molar-refractivity contribution in [1.82, 2.24) is 9.29 Å². The van der Waals surface area contributed by atoms with Crippen LogP contribution in [0.15, 0.2) is 46.0 Å². The average molecular weight is 468 g/mol. The molecular formula is C19H18ClN3O3S3. The second-order valence-corrected chi connectivity index (χ2v) is 11.5. The summed E-state index contributed by atoms with van der Waals surface area (Å²) in [6.07, 6.45) is 1.12. The van der Waals surface area contributed by atoms with Gasteiger partial charge in [-0.2, -0.15) is 4.31 Å². The third kappa shape index (κ3) is 4.24. The van der Waals surface area contributed by atoms with Crippen LogP contribution in [0.4, 0.5) is 5.69 Å². The molecule has 0 radical (unpaired) electrons. The fourth-order valence-corrected chi connectivity index (χ4v) is 7.18. The number of sulfonamides is 1. The van der Waals surface area contributed by atoms with Gasteiger partial charge in [-0.05, 0) is 44.0 Å². The highest BCUT2D eigenvalue weighted by Crippen LogP contribution is 2.32. The second kappa shape index (κ2) is 8.16. The lowest BCUT2D eigenvalue weighted by Gasteiger charge is -2.22. The first-order valence-corrected chi connectivity index (χ1v) is 12.5. The number of aryl methyl sites for hydroxylation is 1. The van der Waals surface area contributed by atoms with Gasteiger partial charge in [-0.25, -0.2) is 13.4 Å². The summed E-state index contributed by atoms with van der Waals surface area (Å²) in [7, 11) is -3.75. The molecule has 152 valence electrons. The standard InChI is InChI=1S/C19H18ClN3O3S3/c1-12-21-15(11-27-12)13-4-6-14(7-5-13)22-19(24)16-3-2-10-23(16)29(25,26)18-9-8-17(20)28-18/h4-9,11,16H,2-3,10H2,1H3,(H,22,24). The van der Waals surface area contributed by atoms with Crippen molar-refractivity contribution in [3.8, 4) is 11.3 Å². The van der Waals surface area contributed by atoms with E-state index in [4.69, 9.17) is 11.6 Å². The number of thiophene rings is 1. The summed E-state index contributed by atoms with van der Waals surface area (Å²) in [6, 6.07) is 9.68. The number of amides is 1. The van der Waals surface area contributed by atoms with E-state index >= 15 is 0 Å². The second-order valence-electron chi connectivity index (χ2n) is 6.65. The molecule has 1 fully saturated rings. The van der Waals surface area contributed by atoms with E-state index in [0.717, 1.165) is 27.6 Å². The van der Waals surface area contributed by atoms with Crippen molar-refractivity contribution in [3.05, 3.63) is 51.1 Å². The Morgan fingerprint density at radius 2 is 2.00 bits per heavy atom. The maximum atomic E-state index is 12.9. The minimum absolute atomic E-state index is 0.158. The Bertz CT molecular complexity index is 1140. The predicted octanol–water partition coefficient (Wildman–Crippen LogP) is 4.63. The van der Waals surface area contributed by atoms with Crippen LogP contribution in [-0.2, 0) is 14.8 Å². The smallest absolute Gasteiger partial charge is 0.253 e. The number of thiazole rings is 1. The molecule has 1 aromatic carbocycles. The number of hydrogen-bond acceptors (Lipinski definition) is 6. The predicted molar refractivity (Wildman–Crippen MR) is 117 cm³/mol. The number of nitrogens with one attached hydrogen (secondary N) is 1. The summed E-state index contributed by atoms with van der Waals surface area (Å²) < 4.78 is 27.7. The van der Waals surface area contributed by atoms with Crippen molar-refractivity contribution in [3.63, 3.8) is 0 Å². The van der Waals surface area contributed by atoms with Crippen LogP contribution in [0.25, 0.3) is 11.3 Å². The van der Waals surface area contributed by atoms with Crippen LogP contribution in [0, 0.1) is 6.92 Å². The van der Waals surface area contributed by atoms with Gasteiger partial charge >= 0.3 is 0 Å². The van der Waals surface area contributed by atoms with Crippen LogP contribution < -0.4 is 5.32 Å². The van der Waals surface area contributed by atoms with E-state index < -0.39 is 16.1 Å². The van der Waals surface area contributed by atoms with Crippen LogP contribution in [0.1, 0.15) is 17.8 Å². The summed E-state index contributed by atoms with van der Waals surface area (Å²) >= 11 is 8.47. The third-order valence-electron chi connectivity index (χ3n) is 4.69. The van der Waals surface area contributed by atoms with Gasteiger partial charge < -0.3 is 5.32 Å². The average Bonchev–Trinajstić information content (AvgIpc) is 3.43. The molecule has 1 amide bonds. The van der Waals surface area contributed by atoms with Crippen LogP contribution in [-0.4, -0.2) is 36.2 Å². The van der Waals surface area contributed by atoms with Crippen LogP contribution in [0.3, 0.4) is 0 Å². The number of hydrogen-bond donors (Lipinski definition) is 1. The number of nitrogens with zero attached hydrogens (tertiary/aromatic N) is 2. The number of aromatic nitrogens is 1. The molecule has 4 rings (SSSR count). The number of carbonyl (C=O) groups excluding carboxylic acids is 1. The molecule has 1 unspecified atom stereocenters. The zero-order valence-electron chi connectivity index (χ0n) is 15.5. The Morgan fingerprint density at radius 3 is 2.62 bits per heavy atom. The zero-order chi connectivity index (χ0) is 20.6. The monoisotopic (exact) mass is 467 g/mol. The van der Waals surface area contributed by atoms with Crippen LogP contribution >= 0.6 is 34.3 Å². The van der Waals surface area contributed by atoms with Gasteiger partial charge in [-0.3, -0.25) is 4.79 Å². The number of anilines is 1. The van der Waals surface area contributed by atoms with E-state index in [-0.39, 0.29) is 10.1 Å². The minimum Gasteiger partial charge on any atom is -0.325 e. The van der Waals surface area contributed by atoms with Gasteiger partial charge in [0.1, 0.15) is 10.3 Å². The Labute approximate surface area is 182 Å². The first-order chi connectivity index (χ1) is 13.8. The van der Waals surface area contributed by atoms with Gasteiger partial charge in [0.15, 0.2) is 0 Å². The molecule has 2 aromatic heterocycles. The van der Waals surface area contributed by atoms with E-state index in [0.29, 0.717) is 29.4 Å². The largest absolute Gasteiger partial charge is 0.325 e. The number of benzene rings is 1. The van der Waals surface area contributed by atoms with Gasteiger partial charge in [0.05, 0.1) is 15.0 Å². The maximum Gasteiger partial charge on any atom is 0.253 e. The highest BCUT2D eigenvalue weighted by Gasteiger charge is 2.40. The zero-order valence-corrected chi connectivity index (χ0v) is 18.7. The van der Waals surface area contributed by atoms with Gasteiger partial charge in [0, 0.05) is 23.2 Å². The maximum absolute atomic E-state index is 12.9. The van der Waals surface area contributed by atoms with Crippen LogP contribution in [0.5, 0.6) is 0 Å². The summed E-state index contributed by atoms with van der Waals surface area (Å²) in [5.74, 6) is -0.328. The molecular weight excluding hydrogens is 450 g/mol. The molecule has 0 bridgehead atoms. The SMILES string of the molecule is Cc1nc(-c2ccc(NC(=O)C3CCCN3S(=O)(=O)c3ccc(Cl)s3)cc2)cs1. The van der Waals surface area contributed by atoms with E-state index in [9.17, 15) is 13.2 Å². The fraction of sp³-hybridized carbons (Fsp3) is 0.263. The van der Waals surface area contributed by atoms with Crippen molar-refractivity contribution in [2.24, 2.45) is 0 Å². The topological polar surface area (TPSA) is 79.4 Å². The first-order valence-electron chi connectivity index (χ1n) is 8.95. The van der Waals surface area contributed by atoms with E-state index in [1.807, 2.05) is 24.4 Å².